The Kier molecular flexibility index (Phi) is 3.14. The van der Waals surface area contributed by atoms with Crippen LogP contribution in [0.4, 0.5) is 17.1 Å². The summed E-state index contributed by atoms with van der Waals surface area (Å²) in [5, 5.41) is -4.93. The predicted molar refractivity (Wildman–Crippen MR) is 238 cm³/mol. The molecule has 0 saturated heterocycles. The van der Waals surface area contributed by atoms with Crippen LogP contribution in [0.1, 0.15) is 46.6 Å². The van der Waals surface area contributed by atoms with Gasteiger partial charge < -0.3 is 4.90 Å². The van der Waals surface area contributed by atoms with Crippen LogP contribution in [-0.2, 0) is 0 Å². The lowest BCUT2D eigenvalue weighted by atomic mass is 9.92. The first-order valence-corrected chi connectivity index (χ1v) is 16.5. The highest BCUT2D eigenvalue weighted by Crippen LogP contribution is 2.41. The SMILES string of the molecule is [2H]c1c([2H])c([2H])c(-c2nc3c(c([2H])c2[2H])c([2H])c([2H])c2c([2H])c([2H])c(-c4c([2H])c([2H])c([2H])c5c4c([2H])c([2H])c4c(-c6c([2H])c([2H])c(N(c7c([2H])c([2H])c([2H])c([2H])c7[2H])c7c([2H])c([2H])c([2H])c([2H])c7[2H])c([2H])c6[2H])nc6c([2H])c([2H])c([2H])c([2H])c6c45)nc23)c([2H])c1[2H]. The summed E-state index contributed by atoms with van der Waals surface area (Å²) in [6, 6.07) is -34.6. The van der Waals surface area contributed by atoms with Crippen molar-refractivity contribution < 1.29 is 46.6 Å². The van der Waals surface area contributed by atoms with E-state index in [4.69, 9.17) is 30.2 Å². The number of benzene rings is 8. The van der Waals surface area contributed by atoms with E-state index in [1.54, 1.807) is 0 Å². The summed E-state index contributed by atoms with van der Waals surface area (Å²) >= 11 is 0. The van der Waals surface area contributed by atoms with Gasteiger partial charge in [-0.25, -0.2) is 15.0 Å². The Morgan fingerprint density at radius 3 is 1.60 bits per heavy atom. The fourth-order valence-electron chi connectivity index (χ4n) is 6.14. The Morgan fingerprint density at radius 2 is 0.895 bits per heavy atom. The van der Waals surface area contributed by atoms with Gasteiger partial charge in [-0.2, -0.15) is 0 Å². The van der Waals surface area contributed by atoms with Crippen LogP contribution in [-0.4, -0.2) is 15.0 Å². The summed E-state index contributed by atoms with van der Waals surface area (Å²) in [5.74, 6) is 0. The Bertz CT molecular complexity index is 5120. The molecule has 0 amide bonds. The molecule has 0 saturated carbocycles. The van der Waals surface area contributed by atoms with Crippen molar-refractivity contribution in [3.63, 3.8) is 0 Å². The fourth-order valence-corrected chi connectivity index (χ4v) is 6.14. The highest BCUT2D eigenvalue weighted by molar-refractivity contribution is 6.24. The second-order valence-electron chi connectivity index (χ2n) is 11.8. The first-order valence-electron chi connectivity index (χ1n) is 33.5. The van der Waals surface area contributed by atoms with Crippen molar-refractivity contribution >= 4 is 71.3 Å². The van der Waals surface area contributed by atoms with E-state index in [0.717, 1.165) is 0 Å². The highest BCUT2D eigenvalue weighted by Gasteiger charge is 2.18. The molecule has 0 unspecified atom stereocenters. The van der Waals surface area contributed by atoms with Crippen molar-refractivity contribution in [3.05, 3.63) is 205 Å². The van der Waals surface area contributed by atoms with Crippen molar-refractivity contribution in [1.29, 1.82) is 0 Å². The van der Waals surface area contributed by atoms with Gasteiger partial charge in [-0.05, 0) is 65.2 Å². The fraction of sp³-hybridized carbons (Fsp3) is 0. The minimum atomic E-state index is -1.27. The van der Waals surface area contributed by atoms with Crippen LogP contribution in [0.3, 0.4) is 0 Å². The monoisotopic (exact) mass is 760 g/mol. The molecule has 0 bridgehead atoms. The second kappa shape index (κ2) is 13.6. The molecule has 11 aromatic rings. The summed E-state index contributed by atoms with van der Waals surface area (Å²) in [6.45, 7) is 0. The summed E-state index contributed by atoms with van der Waals surface area (Å²) in [6.07, 6.45) is 0. The summed E-state index contributed by atoms with van der Waals surface area (Å²) in [5.41, 5.74) is -10.2. The number of hydrogen-bond donors (Lipinski definition) is 0. The molecule has 11 rings (SSSR count). The van der Waals surface area contributed by atoms with Gasteiger partial charge in [0.05, 0.1) is 80.2 Å². The van der Waals surface area contributed by atoms with Crippen LogP contribution in [0.2, 0.25) is 0 Å². The number of para-hydroxylation sites is 3. The molecule has 0 spiro atoms. The smallest absolute Gasteiger partial charge is 0.0972 e. The van der Waals surface area contributed by atoms with Gasteiger partial charge in [-0.1, -0.05) is 151 Å². The van der Waals surface area contributed by atoms with E-state index in [2.05, 4.69) is 15.0 Å². The average Bonchev–Trinajstić information content (AvgIpc) is 0.698. The molecule has 3 heterocycles. The Balaban J connectivity index is 1.31. The number of anilines is 3. The lowest BCUT2D eigenvalue weighted by Gasteiger charge is -2.25. The Hall–Kier alpha value is -7.69. The number of pyridine rings is 3. The highest BCUT2D eigenvalue weighted by atomic mass is 15.1. The summed E-state index contributed by atoms with van der Waals surface area (Å²) in [4.78, 5) is 13.8. The third-order valence-electron chi connectivity index (χ3n) is 8.60. The molecule has 4 heteroatoms. The molecule has 3 aromatic heterocycles. The molecule has 0 N–H and O–H groups in total. The maximum atomic E-state index is 9.85. The van der Waals surface area contributed by atoms with Crippen molar-refractivity contribution in [2.24, 2.45) is 0 Å². The minimum absolute atomic E-state index is 0.359. The minimum Gasteiger partial charge on any atom is -0.311 e. The predicted octanol–water partition coefficient (Wildman–Crippen LogP) is 14.1. The van der Waals surface area contributed by atoms with Crippen molar-refractivity contribution in [2.45, 2.75) is 0 Å². The second-order valence-corrected chi connectivity index (χ2v) is 11.8. The maximum absolute atomic E-state index is 9.85. The molecule has 57 heavy (non-hydrogen) atoms. The largest absolute Gasteiger partial charge is 0.311 e. The van der Waals surface area contributed by atoms with E-state index in [9.17, 15) is 16.4 Å². The summed E-state index contributed by atoms with van der Waals surface area (Å²) < 4.78 is 305. The van der Waals surface area contributed by atoms with Crippen LogP contribution in [0.5, 0.6) is 0 Å². The van der Waals surface area contributed by atoms with E-state index in [1.165, 1.54) is 0 Å². The molecule has 8 aromatic carbocycles. The van der Waals surface area contributed by atoms with Crippen LogP contribution in [0.15, 0.2) is 205 Å². The van der Waals surface area contributed by atoms with Crippen LogP contribution >= 0.6 is 0 Å². The molecule has 0 fully saturated rings. The lowest BCUT2D eigenvalue weighted by Crippen LogP contribution is -2.09. The van der Waals surface area contributed by atoms with Crippen LogP contribution in [0, 0.1) is 0 Å². The van der Waals surface area contributed by atoms with Gasteiger partial charge in [0.15, 0.2) is 0 Å². The average molecular weight is 761 g/mol. The summed E-state index contributed by atoms with van der Waals surface area (Å²) in [7, 11) is 0. The Morgan fingerprint density at radius 1 is 0.351 bits per heavy atom. The van der Waals surface area contributed by atoms with Gasteiger partial charge in [0, 0.05) is 60.7 Å². The molecule has 0 atom stereocenters. The van der Waals surface area contributed by atoms with E-state index in [-0.39, 0.29) is 0 Å². The molecule has 0 radical (unpaired) electrons. The standard InChI is InChI=1S/C53H34N4/c1-4-13-35(14-5-1)47-33-27-37-23-24-38-28-34-49(56-53(38)52(37)54-47)43-20-12-21-44-42(43)31-32-46-50(44)45-19-10-11-22-48(45)55-51(46)36-25-29-41(30-26-36)57(39-15-6-2-7-16-39)40-17-8-3-9-18-40/h1-34H/i1D,2D,3D,4D,5D,6D,7D,8D,9D,10D,11D,12D,13D,14D,15D,16D,17D,18D,19D,20D,21D,22D,23D,24D,25D,26D,27D,28D,29D,30D,31D,32D,33D,34D. The molecule has 266 valence electrons. The lowest BCUT2D eigenvalue weighted by molar-refractivity contribution is 1.28. The number of aromatic nitrogens is 3. The number of fused-ring (bicyclic) bond motifs is 8. The van der Waals surface area contributed by atoms with Crippen LogP contribution < -0.4 is 4.90 Å². The molecular formula is C53H34N4. The van der Waals surface area contributed by atoms with Crippen molar-refractivity contribution in [2.75, 3.05) is 4.90 Å². The number of hydrogen-bond acceptors (Lipinski definition) is 4. The normalized spacial score (nSPS) is 19.9. The maximum Gasteiger partial charge on any atom is 0.0972 e. The van der Waals surface area contributed by atoms with E-state index in [0.29, 0.717) is 4.90 Å². The number of rotatable bonds is 6. The van der Waals surface area contributed by atoms with Gasteiger partial charge in [-0.15, -0.1) is 0 Å². The third-order valence-corrected chi connectivity index (χ3v) is 8.60. The topological polar surface area (TPSA) is 41.9 Å². The Labute approximate surface area is 377 Å². The third kappa shape index (κ3) is 5.66. The van der Waals surface area contributed by atoms with E-state index < -0.39 is 311 Å². The number of nitrogens with zero attached hydrogens (tertiary/aromatic N) is 4. The first kappa shape index (κ1) is 13.2. The van der Waals surface area contributed by atoms with Gasteiger partial charge in [-0.3, -0.25) is 0 Å². The zero-order valence-corrected chi connectivity index (χ0v) is 28.3. The zero-order valence-electron chi connectivity index (χ0n) is 62.3. The van der Waals surface area contributed by atoms with Crippen LogP contribution in [0.25, 0.3) is 88.0 Å². The van der Waals surface area contributed by atoms with Gasteiger partial charge in [0.25, 0.3) is 0 Å². The molecule has 0 aliphatic heterocycles. The zero-order chi connectivity index (χ0) is 67.3. The quantitative estimate of drug-likeness (QED) is 0.158. The van der Waals surface area contributed by atoms with E-state index >= 15 is 0 Å². The van der Waals surface area contributed by atoms with Gasteiger partial charge >= 0.3 is 0 Å². The molecule has 4 nitrogen and oxygen atoms in total. The van der Waals surface area contributed by atoms with Gasteiger partial charge in [0.2, 0.25) is 0 Å². The van der Waals surface area contributed by atoms with E-state index in [1.807, 2.05) is 0 Å². The molecule has 0 aliphatic carbocycles. The first-order chi connectivity index (χ1) is 42.4. The van der Waals surface area contributed by atoms with Crippen molar-refractivity contribution in [1.82, 2.24) is 15.0 Å². The van der Waals surface area contributed by atoms with Gasteiger partial charge in [0.1, 0.15) is 0 Å². The molecule has 0 aliphatic rings. The molecular weight excluding hydrogens is 693 g/mol. The van der Waals surface area contributed by atoms with Crippen molar-refractivity contribution in [3.8, 4) is 33.8 Å².